The van der Waals surface area contributed by atoms with Gasteiger partial charge in [-0.1, -0.05) is 11.6 Å². The summed E-state index contributed by atoms with van der Waals surface area (Å²) in [7, 11) is 6.23. The van der Waals surface area contributed by atoms with E-state index in [1.807, 2.05) is 18.2 Å². The maximum absolute atomic E-state index is 13.3. The number of halogens is 1. The van der Waals surface area contributed by atoms with Gasteiger partial charge in [-0.3, -0.25) is 9.59 Å². The Morgan fingerprint density at radius 3 is 2.81 bits per heavy atom. The first kappa shape index (κ1) is 25.2. The van der Waals surface area contributed by atoms with E-state index in [0.29, 0.717) is 21.6 Å². The van der Waals surface area contributed by atoms with Crippen molar-refractivity contribution in [1.29, 1.82) is 0 Å². The molecule has 2 aliphatic rings. The molecule has 10 heteroatoms. The van der Waals surface area contributed by atoms with Crippen LogP contribution in [-0.4, -0.2) is 77.9 Å². The first-order valence-electron chi connectivity index (χ1n) is 12.5. The minimum atomic E-state index is -0.176. The van der Waals surface area contributed by atoms with Crippen molar-refractivity contribution in [2.24, 2.45) is 5.92 Å². The molecule has 0 unspecified atom stereocenters. The molecule has 1 aliphatic carbocycles. The van der Waals surface area contributed by atoms with E-state index in [1.54, 1.807) is 6.07 Å². The zero-order chi connectivity index (χ0) is 25.4. The van der Waals surface area contributed by atoms with Crippen molar-refractivity contribution >= 4 is 45.7 Å². The average Bonchev–Trinajstić information content (AvgIpc) is 3.44. The Kier molecular flexibility index (Phi) is 7.35. The monoisotopic (exact) mass is 528 g/mol. The Balaban J connectivity index is 1.31. The zero-order valence-electron chi connectivity index (χ0n) is 20.9. The number of hydrogen-bond acceptors (Lipinski definition) is 6. The van der Waals surface area contributed by atoms with Crippen molar-refractivity contribution in [2.45, 2.75) is 44.3 Å². The van der Waals surface area contributed by atoms with Gasteiger partial charge in [0.15, 0.2) is 5.01 Å². The molecule has 2 amide bonds. The number of nitrogens with zero attached hydrogens (tertiary/aromatic N) is 3. The average molecular weight is 529 g/mol. The third kappa shape index (κ3) is 5.59. The quantitative estimate of drug-likeness (QED) is 0.455. The molecule has 192 valence electrons. The van der Waals surface area contributed by atoms with Crippen LogP contribution >= 0.6 is 22.9 Å². The lowest BCUT2D eigenvalue weighted by Crippen LogP contribution is -2.55. The van der Waals surface area contributed by atoms with Gasteiger partial charge in [-0.05, 0) is 70.6 Å². The van der Waals surface area contributed by atoms with Gasteiger partial charge < -0.3 is 25.4 Å². The first-order valence-corrected chi connectivity index (χ1v) is 13.7. The number of rotatable bonds is 6. The Labute approximate surface area is 220 Å². The summed E-state index contributed by atoms with van der Waals surface area (Å²) in [5.41, 5.74) is 2.40. The summed E-state index contributed by atoms with van der Waals surface area (Å²) < 4.78 is 0. The summed E-state index contributed by atoms with van der Waals surface area (Å²) in [4.78, 5) is 39.9. The van der Waals surface area contributed by atoms with Crippen LogP contribution in [0, 0.1) is 5.92 Å². The lowest BCUT2D eigenvalue weighted by molar-refractivity contribution is 0.0834. The van der Waals surface area contributed by atoms with Gasteiger partial charge in [0.2, 0.25) is 0 Å². The van der Waals surface area contributed by atoms with Gasteiger partial charge in [0.25, 0.3) is 11.8 Å². The van der Waals surface area contributed by atoms with Gasteiger partial charge in [-0.15, -0.1) is 11.3 Å². The number of thiazole rings is 1. The fourth-order valence-corrected chi connectivity index (χ4v) is 6.67. The molecule has 3 atom stereocenters. The number of hydrogen-bond donors (Lipinski definition) is 3. The number of amides is 2. The Bertz CT molecular complexity index is 1270. The summed E-state index contributed by atoms with van der Waals surface area (Å²) in [6, 6.07) is 7.01. The summed E-state index contributed by atoms with van der Waals surface area (Å²) in [6.45, 7) is 2.75. The zero-order valence-corrected chi connectivity index (χ0v) is 22.5. The third-order valence-corrected chi connectivity index (χ3v) is 8.48. The van der Waals surface area contributed by atoms with Crippen LogP contribution in [0.3, 0.4) is 0 Å². The van der Waals surface area contributed by atoms with Crippen LogP contribution in [0.5, 0.6) is 0 Å². The second-order valence-electron chi connectivity index (χ2n) is 10.4. The van der Waals surface area contributed by atoms with Crippen LogP contribution in [0.4, 0.5) is 0 Å². The molecule has 5 rings (SSSR count). The van der Waals surface area contributed by atoms with Crippen molar-refractivity contribution in [3.63, 3.8) is 0 Å². The molecule has 1 aliphatic heterocycles. The topological polar surface area (TPSA) is 93.4 Å². The van der Waals surface area contributed by atoms with E-state index < -0.39 is 0 Å². The highest BCUT2D eigenvalue weighted by atomic mass is 35.5. The number of nitrogens with one attached hydrogen (secondary N) is 3. The Hall–Kier alpha value is -2.46. The predicted octanol–water partition coefficient (Wildman–Crippen LogP) is 3.52. The maximum Gasteiger partial charge on any atom is 0.280 e. The van der Waals surface area contributed by atoms with Gasteiger partial charge in [-0.2, -0.15) is 0 Å². The number of aromatic amines is 1. The summed E-state index contributed by atoms with van der Waals surface area (Å²) in [5, 5.41) is 8.47. The number of benzene rings is 1. The lowest BCUT2D eigenvalue weighted by atomic mass is 9.81. The number of carbonyl (C=O) groups excluding carboxylic acids is 2. The highest BCUT2D eigenvalue weighted by molar-refractivity contribution is 7.13. The first-order chi connectivity index (χ1) is 17.2. The molecule has 1 saturated carbocycles. The van der Waals surface area contributed by atoms with Crippen molar-refractivity contribution in [3.8, 4) is 0 Å². The number of fused-ring (bicyclic) bond motifs is 2. The molecule has 3 heterocycles. The molecule has 0 radical (unpaired) electrons. The van der Waals surface area contributed by atoms with Crippen LogP contribution in [0.15, 0.2) is 24.3 Å². The molecule has 36 heavy (non-hydrogen) atoms. The van der Waals surface area contributed by atoms with Crippen LogP contribution < -0.4 is 10.6 Å². The summed E-state index contributed by atoms with van der Waals surface area (Å²) >= 11 is 7.59. The highest BCUT2D eigenvalue weighted by Crippen LogP contribution is 2.28. The van der Waals surface area contributed by atoms with Crippen molar-refractivity contribution in [3.05, 3.63) is 50.6 Å². The third-order valence-electron chi connectivity index (χ3n) is 7.16. The number of aromatic nitrogens is 2. The number of likely N-dealkylation sites (N-methyl/N-ethyl adjacent to an activating group) is 1. The van der Waals surface area contributed by atoms with E-state index in [-0.39, 0.29) is 23.9 Å². The van der Waals surface area contributed by atoms with Gasteiger partial charge >= 0.3 is 0 Å². The Morgan fingerprint density at radius 2 is 2.00 bits per heavy atom. The smallest absolute Gasteiger partial charge is 0.280 e. The van der Waals surface area contributed by atoms with Crippen LogP contribution in [0.1, 0.15) is 50.1 Å². The summed E-state index contributed by atoms with van der Waals surface area (Å²) in [6.07, 6.45) is 3.49. The second kappa shape index (κ2) is 10.5. The maximum atomic E-state index is 13.3. The molecule has 0 spiro atoms. The van der Waals surface area contributed by atoms with E-state index in [2.05, 4.69) is 51.5 Å². The normalized spacial score (nSPS) is 22.5. The standard InChI is InChI=1S/C26H33ClN6O2S/c1-32(2)13-15-4-6-19(29-24(34)22-12-16-11-17(27)5-7-18(16)28-22)21(10-15)30-25(35)26-31-20-8-9-33(3)14-23(20)36-26/h5,7,11-12,15,19,21,28H,4,6,8-10,13-14H2,1-3H3,(H,29,34)(H,30,35)/t15-,19-,21+/m1/s1. The molecule has 8 nitrogen and oxygen atoms in total. The fourth-order valence-electron chi connectivity index (χ4n) is 5.39. The van der Waals surface area contributed by atoms with Crippen molar-refractivity contribution in [1.82, 2.24) is 30.4 Å². The van der Waals surface area contributed by atoms with Crippen LogP contribution in [0.25, 0.3) is 10.9 Å². The van der Waals surface area contributed by atoms with Crippen LogP contribution in [0.2, 0.25) is 5.02 Å². The number of H-pyrrole nitrogens is 1. The SMILES string of the molecule is CN(C)C[C@@H]1CC[C@@H](NC(=O)c2cc3cc(Cl)ccc3[nH]2)[C@@H](NC(=O)c2nc3c(s2)CN(C)CC3)C1. The van der Waals surface area contributed by atoms with Gasteiger partial charge in [0.1, 0.15) is 5.69 Å². The van der Waals surface area contributed by atoms with Crippen molar-refractivity contribution in [2.75, 3.05) is 34.2 Å². The van der Waals surface area contributed by atoms with E-state index in [4.69, 9.17) is 11.6 Å². The molecule has 1 aromatic carbocycles. The van der Waals surface area contributed by atoms with E-state index >= 15 is 0 Å². The fraction of sp³-hybridized carbons (Fsp3) is 0.500. The number of carbonyl (C=O) groups is 2. The largest absolute Gasteiger partial charge is 0.351 e. The highest BCUT2D eigenvalue weighted by Gasteiger charge is 2.34. The lowest BCUT2D eigenvalue weighted by Gasteiger charge is -2.37. The molecular weight excluding hydrogens is 496 g/mol. The van der Waals surface area contributed by atoms with Crippen LogP contribution in [-0.2, 0) is 13.0 Å². The van der Waals surface area contributed by atoms with E-state index in [1.165, 1.54) is 16.2 Å². The minimum Gasteiger partial charge on any atom is -0.351 e. The molecule has 0 saturated heterocycles. The predicted molar refractivity (Wildman–Crippen MR) is 144 cm³/mol. The molecule has 2 aromatic heterocycles. The van der Waals surface area contributed by atoms with Gasteiger partial charge in [0.05, 0.1) is 5.69 Å². The van der Waals surface area contributed by atoms with Gasteiger partial charge in [-0.25, -0.2) is 4.98 Å². The van der Waals surface area contributed by atoms with Crippen molar-refractivity contribution < 1.29 is 9.59 Å². The second-order valence-corrected chi connectivity index (χ2v) is 11.9. The molecule has 0 bridgehead atoms. The minimum absolute atomic E-state index is 0.146. The van der Waals surface area contributed by atoms with E-state index in [9.17, 15) is 9.59 Å². The van der Waals surface area contributed by atoms with Gasteiger partial charge in [0, 0.05) is 58.9 Å². The molecule has 3 aromatic rings. The summed E-state index contributed by atoms with van der Waals surface area (Å²) in [5.74, 6) is 0.129. The molecule has 3 N–H and O–H groups in total. The molecule has 1 fully saturated rings. The van der Waals surface area contributed by atoms with E-state index in [0.717, 1.165) is 61.9 Å². The molecular formula is C26H33ClN6O2S. The Morgan fingerprint density at radius 1 is 1.19 bits per heavy atom.